The number of hydrogen-bond acceptors (Lipinski definition) is 3. The van der Waals surface area contributed by atoms with Crippen LogP contribution in [0.5, 0.6) is 0 Å². The number of amides is 1. The molecule has 1 heterocycles. The van der Waals surface area contributed by atoms with Gasteiger partial charge in [-0.25, -0.2) is 0 Å². The molecule has 2 rings (SSSR count). The van der Waals surface area contributed by atoms with Gasteiger partial charge in [0.2, 0.25) is 0 Å². The van der Waals surface area contributed by atoms with Crippen molar-refractivity contribution in [2.75, 3.05) is 5.32 Å². The summed E-state index contributed by atoms with van der Waals surface area (Å²) in [7, 11) is 0. The summed E-state index contributed by atoms with van der Waals surface area (Å²) in [5, 5.41) is 17.9. The van der Waals surface area contributed by atoms with E-state index in [1.807, 2.05) is 6.07 Å². The summed E-state index contributed by atoms with van der Waals surface area (Å²) in [6.45, 7) is 0. The van der Waals surface area contributed by atoms with Crippen LogP contribution < -0.4 is 5.32 Å². The van der Waals surface area contributed by atoms with E-state index in [1.54, 1.807) is 18.2 Å². The lowest BCUT2D eigenvalue weighted by Crippen LogP contribution is -2.13. The predicted octanol–water partition coefficient (Wildman–Crippen LogP) is 2.95. The summed E-state index contributed by atoms with van der Waals surface area (Å²) in [4.78, 5) is 12.0. The Morgan fingerprint density at radius 2 is 2.33 bits per heavy atom. The molecule has 0 radical (unpaired) electrons. The van der Waals surface area contributed by atoms with Crippen molar-refractivity contribution in [1.29, 1.82) is 5.26 Å². The van der Waals surface area contributed by atoms with Crippen LogP contribution in [-0.4, -0.2) is 16.1 Å². The topological polar surface area (TPSA) is 81.6 Å². The van der Waals surface area contributed by atoms with Crippen molar-refractivity contribution in [1.82, 2.24) is 10.2 Å². The lowest BCUT2D eigenvalue weighted by atomic mass is 10.2. The van der Waals surface area contributed by atoms with Gasteiger partial charge in [-0.1, -0.05) is 27.5 Å². The molecule has 5 nitrogen and oxygen atoms in total. The number of rotatable bonds is 2. The Balaban J connectivity index is 2.28. The third-order valence-corrected chi connectivity index (χ3v) is 2.99. The fraction of sp³-hybridized carbons (Fsp3) is 0. The molecule has 0 aliphatic carbocycles. The number of nitriles is 1. The van der Waals surface area contributed by atoms with Gasteiger partial charge in [-0.15, -0.1) is 0 Å². The number of hydrogen-bond donors (Lipinski definition) is 2. The molecule has 7 heteroatoms. The summed E-state index contributed by atoms with van der Waals surface area (Å²) >= 11 is 9.19. The molecule has 90 valence electrons. The summed E-state index contributed by atoms with van der Waals surface area (Å²) in [5.41, 5.74) is 0.569. The quantitative estimate of drug-likeness (QED) is 0.890. The first-order valence-electron chi connectivity index (χ1n) is 4.81. The Morgan fingerprint density at radius 3 is 3.06 bits per heavy atom. The van der Waals surface area contributed by atoms with Gasteiger partial charge in [0.25, 0.3) is 5.91 Å². The second-order valence-corrected chi connectivity index (χ2v) is 4.67. The molecule has 1 amide bonds. The minimum atomic E-state index is -0.415. The number of halogens is 2. The van der Waals surface area contributed by atoms with Crippen molar-refractivity contribution >= 4 is 39.3 Å². The van der Waals surface area contributed by atoms with E-state index in [-0.39, 0.29) is 11.4 Å². The molecule has 18 heavy (non-hydrogen) atoms. The molecule has 1 aromatic carbocycles. The number of aromatic nitrogens is 2. The first kappa shape index (κ1) is 12.6. The third-order valence-electron chi connectivity index (χ3n) is 2.17. The highest BCUT2D eigenvalue weighted by molar-refractivity contribution is 9.10. The van der Waals surface area contributed by atoms with Crippen LogP contribution >= 0.6 is 27.5 Å². The maximum Gasteiger partial charge on any atom is 0.258 e. The van der Waals surface area contributed by atoms with Crippen molar-refractivity contribution in [3.05, 3.63) is 45.0 Å². The number of aromatic amines is 1. The highest BCUT2D eigenvalue weighted by atomic mass is 79.9. The van der Waals surface area contributed by atoms with Crippen molar-refractivity contribution in [3.8, 4) is 6.07 Å². The Morgan fingerprint density at radius 1 is 1.56 bits per heavy atom. The van der Waals surface area contributed by atoms with Crippen LogP contribution in [0.2, 0.25) is 5.02 Å². The van der Waals surface area contributed by atoms with E-state index in [9.17, 15) is 4.79 Å². The van der Waals surface area contributed by atoms with Crippen molar-refractivity contribution in [2.45, 2.75) is 0 Å². The van der Waals surface area contributed by atoms with E-state index in [4.69, 9.17) is 16.9 Å². The lowest BCUT2D eigenvalue weighted by Gasteiger charge is -2.05. The number of anilines is 1. The zero-order chi connectivity index (χ0) is 13.1. The Hall–Kier alpha value is -1.84. The van der Waals surface area contributed by atoms with Gasteiger partial charge in [0.15, 0.2) is 0 Å². The van der Waals surface area contributed by atoms with Gasteiger partial charge in [-0.3, -0.25) is 9.89 Å². The van der Waals surface area contributed by atoms with Gasteiger partial charge in [-0.2, -0.15) is 10.4 Å². The van der Waals surface area contributed by atoms with Gasteiger partial charge in [0.1, 0.15) is 17.5 Å². The monoisotopic (exact) mass is 324 g/mol. The Bertz CT molecular complexity index is 647. The highest BCUT2D eigenvalue weighted by Gasteiger charge is 2.14. The number of benzene rings is 1. The van der Waals surface area contributed by atoms with Crippen molar-refractivity contribution in [3.63, 3.8) is 0 Å². The first-order chi connectivity index (χ1) is 8.61. The average Bonchev–Trinajstić information content (AvgIpc) is 2.79. The van der Waals surface area contributed by atoms with E-state index in [2.05, 4.69) is 31.4 Å². The molecular formula is C11H6BrClN4O. The maximum absolute atomic E-state index is 12.0. The summed E-state index contributed by atoms with van der Waals surface area (Å²) in [6.07, 6.45) is 1.33. The Labute approximate surface area is 116 Å². The second kappa shape index (κ2) is 5.21. The number of nitrogens with one attached hydrogen (secondary N) is 2. The average molecular weight is 326 g/mol. The molecule has 2 aromatic rings. The van der Waals surface area contributed by atoms with Crippen LogP contribution in [-0.2, 0) is 0 Å². The molecule has 0 saturated heterocycles. The molecule has 0 unspecified atom stereocenters. The summed E-state index contributed by atoms with van der Waals surface area (Å²) in [6, 6.07) is 6.85. The van der Waals surface area contributed by atoms with E-state index in [0.717, 1.165) is 4.47 Å². The van der Waals surface area contributed by atoms with Gasteiger partial charge in [0, 0.05) is 4.47 Å². The van der Waals surface area contributed by atoms with Crippen molar-refractivity contribution in [2.24, 2.45) is 0 Å². The van der Waals surface area contributed by atoms with Crippen LogP contribution in [0.1, 0.15) is 15.9 Å². The number of nitrogens with zero attached hydrogens (tertiary/aromatic N) is 2. The fourth-order valence-electron chi connectivity index (χ4n) is 1.32. The standard InChI is InChI=1S/C11H6BrClN4O/c12-7-1-2-9(13)8(3-7)11(18)16-10-6(4-14)5-15-17-10/h1-3,5H,(H2,15,16,17,18). The summed E-state index contributed by atoms with van der Waals surface area (Å²) in [5.74, 6) is -0.166. The molecule has 1 aromatic heterocycles. The van der Waals surface area contributed by atoms with Crippen LogP contribution in [0.3, 0.4) is 0 Å². The van der Waals surface area contributed by atoms with E-state index in [0.29, 0.717) is 10.6 Å². The molecule has 0 atom stereocenters. The lowest BCUT2D eigenvalue weighted by molar-refractivity contribution is 0.102. The Kier molecular flexibility index (Phi) is 3.65. The smallest absolute Gasteiger partial charge is 0.258 e. The largest absolute Gasteiger partial charge is 0.306 e. The predicted molar refractivity (Wildman–Crippen MR) is 70.4 cm³/mol. The summed E-state index contributed by atoms with van der Waals surface area (Å²) < 4.78 is 0.738. The molecule has 0 aliphatic rings. The molecule has 0 saturated carbocycles. The van der Waals surface area contributed by atoms with E-state index >= 15 is 0 Å². The van der Waals surface area contributed by atoms with Crippen molar-refractivity contribution < 1.29 is 4.79 Å². The van der Waals surface area contributed by atoms with Crippen LogP contribution in [0.15, 0.2) is 28.9 Å². The van der Waals surface area contributed by atoms with Crippen LogP contribution in [0.25, 0.3) is 0 Å². The van der Waals surface area contributed by atoms with Gasteiger partial charge >= 0.3 is 0 Å². The third kappa shape index (κ3) is 2.53. The first-order valence-corrected chi connectivity index (χ1v) is 5.99. The zero-order valence-electron chi connectivity index (χ0n) is 8.87. The van der Waals surface area contributed by atoms with Gasteiger partial charge in [0.05, 0.1) is 16.8 Å². The van der Waals surface area contributed by atoms with E-state index < -0.39 is 5.91 Å². The molecule has 0 aliphatic heterocycles. The number of H-pyrrole nitrogens is 1. The second-order valence-electron chi connectivity index (χ2n) is 3.35. The molecule has 2 N–H and O–H groups in total. The fourth-order valence-corrected chi connectivity index (χ4v) is 1.88. The minimum Gasteiger partial charge on any atom is -0.306 e. The molecule has 0 bridgehead atoms. The number of carbonyl (C=O) groups is 1. The molecule has 0 spiro atoms. The maximum atomic E-state index is 12.0. The zero-order valence-corrected chi connectivity index (χ0v) is 11.2. The van der Waals surface area contributed by atoms with Gasteiger partial charge < -0.3 is 5.32 Å². The van der Waals surface area contributed by atoms with Gasteiger partial charge in [-0.05, 0) is 18.2 Å². The minimum absolute atomic E-state index is 0.249. The normalized spacial score (nSPS) is 9.83. The molecular weight excluding hydrogens is 320 g/mol. The molecule has 0 fully saturated rings. The number of carbonyl (C=O) groups excluding carboxylic acids is 1. The highest BCUT2D eigenvalue weighted by Crippen LogP contribution is 2.22. The van der Waals surface area contributed by atoms with Crippen LogP contribution in [0, 0.1) is 11.3 Å². The van der Waals surface area contributed by atoms with E-state index in [1.165, 1.54) is 6.20 Å². The van der Waals surface area contributed by atoms with Crippen LogP contribution in [0.4, 0.5) is 5.82 Å². The SMILES string of the molecule is N#Cc1cn[nH]c1NC(=O)c1cc(Br)ccc1Cl.